The van der Waals surface area contributed by atoms with Gasteiger partial charge in [-0.1, -0.05) is 23.7 Å². The molecule has 1 atom stereocenters. The summed E-state index contributed by atoms with van der Waals surface area (Å²) < 4.78 is 24.0. The number of halogens is 3. The summed E-state index contributed by atoms with van der Waals surface area (Å²) in [5.41, 5.74) is 5.71. The lowest BCUT2D eigenvalue weighted by Gasteiger charge is -2.13. The molecule has 3 N–H and O–H groups in total. The van der Waals surface area contributed by atoms with Crippen molar-refractivity contribution >= 4 is 11.6 Å². The topological polar surface area (TPSA) is 46.2 Å². The van der Waals surface area contributed by atoms with Gasteiger partial charge >= 0.3 is 0 Å². The molecule has 1 aromatic carbocycles. The standard InChI is InChI=1S/C9H10ClF2NO/c10-6-3-1-2-5(9(6)14)7(13)4-8(11)12/h1-3,7-8,14H,4,13H2/t7-/m0/s1. The second kappa shape index (κ2) is 4.57. The lowest BCUT2D eigenvalue weighted by Crippen LogP contribution is -2.14. The van der Waals surface area contributed by atoms with Gasteiger partial charge < -0.3 is 10.8 Å². The maximum absolute atomic E-state index is 12.0. The molecule has 14 heavy (non-hydrogen) atoms. The fourth-order valence-corrected chi connectivity index (χ4v) is 1.33. The average molecular weight is 222 g/mol. The van der Waals surface area contributed by atoms with Gasteiger partial charge in [0.25, 0.3) is 0 Å². The minimum atomic E-state index is -2.50. The smallest absolute Gasteiger partial charge is 0.240 e. The molecule has 1 rings (SSSR count). The van der Waals surface area contributed by atoms with Gasteiger partial charge in [-0.15, -0.1) is 0 Å². The SMILES string of the molecule is N[C@@H](CC(F)F)c1cccc(Cl)c1O. The highest BCUT2D eigenvalue weighted by Crippen LogP contribution is 2.32. The van der Waals surface area contributed by atoms with Crippen LogP contribution in [0.15, 0.2) is 18.2 Å². The van der Waals surface area contributed by atoms with Crippen molar-refractivity contribution in [3.05, 3.63) is 28.8 Å². The van der Waals surface area contributed by atoms with Crippen LogP contribution < -0.4 is 5.73 Å². The van der Waals surface area contributed by atoms with Gasteiger partial charge in [0.2, 0.25) is 6.43 Å². The van der Waals surface area contributed by atoms with E-state index in [-0.39, 0.29) is 16.3 Å². The highest BCUT2D eigenvalue weighted by Gasteiger charge is 2.17. The number of rotatable bonds is 3. The molecule has 0 aliphatic rings. The summed E-state index contributed by atoms with van der Waals surface area (Å²) in [5, 5.41) is 9.54. The third-order valence-electron chi connectivity index (χ3n) is 1.85. The summed E-state index contributed by atoms with van der Waals surface area (Å²) in [7, 11) is 0. The first-order valence-corrected chi connectivity index (χ1v) is 4.41. The highest BCUT2D eigenvalue weighted by molar-refractivity contribution is 6.32. The van der Waals surface area contributed by atoms with Crippen LogP contribution in [0.3, 0.4) is 0 Å². The van der Waals surface area contributed by atoms with Gasteiger partial charge in [-0.25, -0.2) is 8.78 Å². The normalized spacial score (nSPS) is 13.2. The van der Waals surface area contributed by atoms with E-state index >= 15 is 0 Å². The van der Waals surface area contributed by atoms with Crippen molar-refractivity contribution in [2.24, 2.45) is 5.73 Å². The minimum absolute atomic E-state index is 0.118. The van der Waals surface area contributed by atoms with E-state index in [9.17, 15) is 13.9 Å². The zero-order chi connectivity index (χ0) is 10.7. The molecule has 0 heterocycles. The van der Waals surface area contributed by atoms with Gasteiger partial charge in [0, 0.05) is 18.0 Å². The van der Waals surface area contributed by atoms with Gasteiger partial charge in [0.05, 0.1) is 5.02 Å². The van der Waals surface area contributed by atoms with Crippen molar-refractivity contribution in [1.82, 2.24) is 0 Å². The Balaban J connectivity index is 2.89. The first-order valence-electron chi connectivity index (χ1n) is 4.03. The Hall–Kier alpha value is -0.870. The van der Waals surface area contributed by atoms with E-state index in [0.29, 0.717) is 0 Å². The number of phenols is 1. The van der Waals surface area contributed by atoms with Crippen molar-refractivity contribution in [2.45, 2.75) is 18.9 Å². The number of hydrogen-bond acceptors (Lipinski definition) is 2. The second-order valence-corrected chi connectivity index (χ2v) is 3.32. The summed E-state index contributed by atoms with van der Waals surface area (Å²) in [6, 6.07) is 3.61. The molecule has 0 unspecified atom stereocenters. The summed E-state index contributed by atoms with van der Waals surface area (Å²) in [5.74, 6) is -0.220. The number of nitrogens with two attached hydrogens (primary N) is 1. The first-order chi connectivity index (χ1) is 6.52. The van der Waals surface area contributed by atoms with Crippen LogP contribution in [0.5, 0.6) is 5.75 Å². The predicted molar refractivity (Wildman–Crippen MR) is 50.7 cm³/mol. The molecule has 0 spiro atoms. The summed E-state index contributed by atoms with van der Waals surface area (Å²) >= 11 is 5.60. The van der Waals surface area contributed by atoms with Crippen LogP contribution in [-0.4, -0.2) is 11.5 Å². The Morgan fingerprint density at radius 2 is 2.07 bits per heavy atom. The van der Waals surface area contributed by atoms with E-state index in [1.54, 1.807) is 6.07 Å². The summed E-state index contributed by atoms with van der Waals surface area (Å²) in [4.78, 5) is 0. The maximum Gasteiger partial charge on any atom is 0.240 e. The molecular formula is C9H10ClF2NO. The molecule has 1 aromatic rings. The Morgan fingerprint density at radius 3 is 2.64 bits per heavy atom. The molecule has 78 valence electrons. The number of benzene rings is 1. The number of para-hydroxylation sites is 1. The third kappa shape index (κ3) is 2.56. The van der Waals surface area contributed by atoms with E-state index in [1.165, 1.54) is 12.1 Å². The second-order valence-electron chi connectivity index (χ2n) is 2.91. The molecule has 0 aliphatic carbocycles. The zero-order valence-electron chi connectivity index (χ0n) is 7.25. The van der Waals surface area contributed by atoms with E-state index in [0.717, 1.165) is 0 Å². The lowest BCUT2D eigenvalue weighted by atomic mass is 10.0. The quantitative estimate of drug-likeness (QED) is 0.825. The highest BCUT2D eigenvalue weighted by atomic mass is 35.5. The fraction of sp³-hybridized carbons (Fsp3) is 0.333. The Morgan fingerprint density at radius 1 is 1.43 bits per heavy atom. The maximum atomic E-state index is 12.0. The van der Waals surface area contributed by atoms with Crippen LogP contribution in [0.4, 0.5) is 8.78 Å². The molecular weight excluding hydrogens is 212 g/mol. The third-order valence-corrected chi connectivity index (χ3v) is 2.15. The molecule has 0 bridgehead atoms. The van der Waals surface area contributed by atoms with Crippen LogP contribution in [0.1, 0.15) is 18.0 Å². The van der Waals surface area contributed by atoms with Crippen LogP contribution in [0, 0.1) is 0 Å². The van der Waals surface area contributed by atoms with Crippen LogP contribution in [0.25, 0.3) is 0 Å². The van der Waals surface area contributed by atoms with E-state index in [4.69, 9.17) is 17.3 Å². The summed E-state index contributed by atoms with van der Waals surface area (Å²) in [6.45, 7) is 0. The van der Waals surface area contributed by atoms with Crippen LogP contribution >= 0.6 is 11.6 Å². The molecule has 0 saturated heterocycles. The largest absolute Gasteiger partial charge is 0.506 e. The van der Waals surface area contributed by atoms with E-state index < -0.39 is 18.9 Å². The first kappa shape index (κ1) is 11.2. The van der Waals surface area contributed by atoms with Crippen molar-refractivity contribution in [3.8, 4) is 5.75 Å². The van der Waals surface area contributed by atoms with Gasteiger partial charge in [-0.3, -0.25) is 0 Å². The zero-order valence-corrected chi connectivity index (χ0v) is 8.01. The van der Waals surface area contributed by atoms with Crippen molar-refractivity contribution in [1.29, 1.82) is 0 Å². The molecule has 0 fully saturated rings. The predicted octanol–water partition coefficient (Wildman–Crippen LogP) is 2.70. The minimum Gasteiger partial charge on any atom is -0.506 e. The number of phenolic OH excluding ortho intramolecular Hbond substituents is 1. The van der Waals surface area contributed by atoms with Crippen molar-refractivity contribution in [3.63, 3.8) is 0 Å². The Labute approximate surface area is 85.3 Å². The fourth-order valence-electron chi connectivity index (χ4n) is 1.15. The van der Waals surface area contributed by atoms with E-state index in [1.807, 2.05) is 0 Å². The number of aromatic hydroxyl groups is 1. The summed E-state index contributed by atoms with van der Waals surface area (Å²) in [6.07, 6.45) is -2.99. The van der Waals surface area contributed by atoms with Crippen molar-refractivity contribution in [2.75, 3.05) is 0 Å². The van der Waals surface area contributed by atoms with Gasteiger partial charge in [-0.2, -0.15) is 0 Å². The van der Waals surface area contributed by atoms with Gasteiger partial charge in [0.15, 0.2) is 0 Å². The van der Waals surface area contributed by atoms with Crippen molar-refractivity contribution < 1.29 is 13.9 Å². The molecule has 0 saturated carbocycles. The Kier molecular flexibility index (Phi) is 3.66. The number of hydrogen-bond donors (Lipinski definition) is 2. The molecule has 0 radical (unpaired) electrons. The van der Waals surface area contributed by atoms with E-state index in [2.05, 4.69) is 0 Å². The molecule has 0 aromatic heterocycles. The lowest BCUT2D eigenvalue weighted by molar-refractivity contribution is 0.128. The van der Waals surface area contributed by atoms with Crippen LogP contribution in [-0.2, 0) is 0 Å². The van der Waals surface area contributed by atoms with Crippen LogP contribution in [0.2, 0.25) is 5.02 Å². The molecule has 5 heteroatoms. The monoisotopic (exact) mass is 221 g/mol. The Bertz CT molecular complexity index is 320. The van der Waals surface area contributed by atoms with Gasteiger partial charge in [-0.05, 0) is 6.07 Å². The molecule has 0 aliphatic heterocycles. The van der Waals surface area contributed by atoms with Gasteiger partial charge in [0.1, 0.15) is 5.75 Å². The molecule has 2 nitrogen and oxygen atoms in total. The molecule has 0 amide bonds. The average Bonchev–Trinajstić information content (AvgIpc) is 2.08. The number of alkyl halides is 2.